The smallest absolute Gasteiger partial charge is 0.331 e. The van der Waals surface area contributed by atoms with Gasteiger partial charge in [-0.1, -0.05) is 0 Å². The van der Waals surface area contributed by atoms with E-state index in [2.05, 4.69) is 36.2 Å². The van der Waals surface area contributed by atoms with E-state index < -0.39 is 17.7 Å². The number of ether oxygens (including phenoxy) is 1. The van der Waals surface area contributed by atoms with Crippen molar-refractivity contribution in [2.45, 2.75) is 0 Å². The van der Waals surface area contributed by atoms with Crippen molar-refractivity contribution in [3.05, 3.63) is 39.0 Å². The van der Waals surface area contributed by atoms with E-state index >= 15 is 0 Å². The fourth-order valence-corrected chi connectivity index (χ4v) is 2.54. The van der Waals surface area contributed by atoms with Gasteiger partial charge in [-0.25, -0.2) is 9.18 Å². The molecule has 1 heterocycles. The number of rotatable bonds is 3. The van der Waals surface area contributed by atoms with Crippen molar-refractivity contribution in [1.82, 2.24) is 5.32 Å². The van der Waals surface area contributed by atoms with Crippen LogP contribution < -0.4 is 5.32 Å². The van der Waals surface area contributed by atoms with Gasteiger partial charge in [0.2, 0.25) is 0 Å². The number of amidine groups is 1. The number of phenols is 1. The minimum atomic E-state index is -0.659. The number of nitrogens with zero attached hydrogens (tertiary/aromatic N) is 2. The Labute approximate surface area is 142 Å². The quantitative estimate of drug-likeness (QED) is 0.348. The number of nitrogens with one attached hydrogen (secondary N) is 1. The molecule has 7 nitrogen and oxygen atoms in total. The molecule has 1 aromatic carbocycles. The van der Waals surface area contributed by atoms with E-state index in [1.165, 1.54) is 19.4 Å². The van der Waals surface area contributed by atoms with Gasteiger partial charge in [0.15, 0.2) is 5.17 Å². The molecule has 0 aromatic heterocycles. The number of esters is 1. The normalized spacial score (nSPS) is 18.0. The molecule has 0 saturated carbocycles. The number of hydrogen-bond acceptors (Lipinski definition) is 7. The van der Waals surface area contributed by atoms with Crippen LogP contribution in [0.5, 0.6) is 5.75 Å². The first-order chi connectivity index (χ1) is 10.9. The second-order valence-electron chi connectivity index (χ2n) is 4.04. The van der Waals surface area contributed by atoms with E-state index in [1.807, 2.05) is 0 Å². The molecule has 0 radical (unpaired) electrons. The molecule has 1 aliphatic heterocycles. The summed E-state index contributed by atoms with van der Waals surface area (Å²) in [4.78, 5) is 22.8. The van der Waals surface area contributed by atoms with Crippen molar-refractivity contribution in [2.75, 3.05) is 7.11 Å². The molecule has 23 heavy (non-hydrogen) atoms. The molecule has 1 aromatic rings. The Hall–Kier alpha value is -2.20. The van der Waals surface area contributed by atoms with Crippen LogP contribution in [0.1, 0.15) is 5.56 Å². The predicted octanol–water partition coefficient (Wildman–Crippen LogP) is 1.90. The maximum Gasteiger partial charge on any atom is 0.331 e. The first-order valence-corrected chi connectivity index (χ1v) is 7.60. The molecule has 0 unspecified atom stereocenters. The summed E-state index contributed by atoms with van der Waals surface area (Å²) in [5.41, 5.74) is 0.238. The van der Waals surface area contributed by atoms with Crippen molar-refractivity contribution in [1.29, 1.82) is 0 Å². The largest absolute Gasteiger partial charge is 0.506 e. The first-order valence-electron chi connectivity index (χ1n) is 5.99. The molecule has 0 spiro atoms. The Balaban J connectivity index is 2.13. The third kappa shape index (κ3) is 4.17. The van der Waals surface area contributed by atoms with Gasteiger partial charge in [-0.3, -0.25) is 10.1 Å². The van der Waals surface area contributed by atoms with Crippen LogP contribution in [-0.2, 0) is 14.3 Å². The van der Waals surface area contributed by atoms with Crippen molar-refractivity contribution >= 4 is 51.0 Å². The second kappa shape index (κ2) is 7.38. The lowest BCUT2D eigenvalue weighted by molar-refractivity contribution is -0.135. The maximum atomic E-state index is 13.2. The monoisotopic (exact) mass is 401 g/mol. The topological polar surface area (TPSA) is 100 Å². The highest BCUT2D eigenvalue weighted by atomic mass is 79.9. The van der Waals surface area contributed by atoms with Crippen molar-refractivity contribution < 1.29 is 23.8 Å². The zero-order valence-corrected chi connectivity index (χ0v) is 13.9. The molecule has 0 atom stereocenters. The summed E-state index contributed by atoms with van der Waals surface area (Å²) in [6.45, 7) is 0. The van der Waals surface area contributed by atoms with Gasteiger partial charge in [0.05, 0.1) is 22.7 Å². The predicted molar refractivity (Wildman–Crippen MR) is 86.6 cm³/mol. The van der Waals surface area contributed by atoms with Gasteiger partial charge in [-0.2, -0.15) is 5.10 Å². The van der Waals surface area contributed by atoms with Crippen LogP contribution in [0.2, 0.25) is 0 Å². The average molecular weight is 402 g/mol. The molecule has 10 heteroatoms. The molecule has 1 amide bonds. The summed E-state index contributed by atoms with van der Waals surface area (Å²) >= 11 is 3.81. The molecule has 120 valence electrons. The lowest BCUT2D eigenvalue weighted by Gasteiger charge is -2.01. The van der Waals surface area contributed by atoms with Gasteiger partial charge in [0, 0.05) is 11.6 Å². The van der Waals surface area contributed by atoms with Crippen LogP contribution in [-0.4, -0.2) is 35.5 Å². The Morgan fingerprint density at radius 2 is 2.26 bits per heavy atom. The molecular weight excluding hydrogens is 393 g/mol. The molecule has 1 aliphatic rings. The number of benzene rings is 1. The highest BCUT2D eigenvalue weighted by Crippen LogP contribution is 2.29. The van der Waals surface area contributed by atoms with Crippen LogP contribution in [0.15, 0.2) is 37.8 Å². The van der Waals surface area contributed by atoms with Gasteiger partial charge >= 0.3 is 5.97 Å². The zero-order chi connectivity index (χ0) is 17.0. The summed E-state index contributed by atoms with van der Waals surface area (Å²) in [6.07, 6.45) is 2.23. The Morgan fingerprint density at radius 3 is 2.96 bits per heavy atom. The van der Waals surface area contributed by atoms with E-state index in [4.69, 9.17) is 0 Å². The van der Waals surface area contributed by atoms with E-state index in [0.29, 0.717) is 0 Å². The average Bonchev–Trinajstić information content (AvgIpc) is 2.87. The van der Waals surface area contributed by atoms with Gasteiger partial charge < -0.3 is 9.84 Å². The van der Waals surface area contributed by atoms with Gasteiger partial charge in [-0.15, -0.1) is 5.10 Å². The minimum Gasteiger partial charge on any atom is -0.506 e. The minimum absolute atomic E-state index is 0.0825. The summed E-state index contributed by atoms with van der Waals surface area (Å²) < 4.78 is 17.5. The van der Waals surface area contributed by atoms with E-state index in [1.54, 1.807) is 0 Å². The Kier molecular flexibility index (Phi) is 5.50. The third-order valence-electron chi connectivity index (χ3n) is 2.55. The standard InChI is InChI=1S/C13H9BrFN3O4S/c1-22-9(19)4-8-12(21)17-13(23-8)18-16-5-6-2-3-7(15)10(14)11(6)20/h2-5,20H,1H3,(H,17,18,21)/b8-4+,16-5?. The summed E-state index contributed by atoms with van der Waals surface area (Å²) in [5.74, 6) is -2.08. The summed E-state index contributed by atoms with van der Waals surface area (Å²) in [7, 11) is 1.20. The third-order valence-corrected chi connectivity index (χ3v) is 4.20. The molecule has 1 saturated heterocycles. The maximum absolute atomic E-state index is 13.2. The van der Waals surface area contributed by atoms with E-state index in [-0.39, 0.29) is 25.9 Å². The highest BCUT2D eigenvalue weighted by Gasteiger charge is 2.25. The number of carbonyl (C=O) groups is 2. The molecular formula is C13H9BrFN3O4S. The summed E-state index contributed by atoms with van der Waals surface area (Å²) in [6, 6.07) is 2.48. The number of amides is 1. The van der Waals surface area contributed by atoms with Gasteiger partial charge in [0.25, 0.3) is 5.91 Å². The van der Waals surface area contributed by atoms with Crippen molar-refractivity contribution in [3.8, 4) is 5.75 Å². The van der Waals surface area contributed by atoms with Crippen LogP contribution in [0.4, 0.5) is 4.39 Å². The van der Waals surface area contributed by atoms with Crippen molar-refractivity contribution in [3.63, 3.8) is 0 Å². The number of methoxy groups -OCH3 is 1. The number of aromatic hydroxyl groups is 1. The van der Waals surface area contributed by atoms with Crippen LogP contribution >= 0.6 is 27.7 Å². The summed E-state index contributed by atoms with van der Waals surface area (Å²) in [5, 5.41) is 19.7. The van der Waals surface area contributed by atoms with E-state index in [0.717, 1.165) is 23.9 Å². The molecule has 2 N–H and O–H groups in total. The van der Waals surface area contributed by atoms with Crippen LogP contribution in [0, 0.1) is 5.82 Å². The molecule has 0 aliphatic carbocycles. The van der Waals surface area contributed by atoms with Crippen LogP contribution in [0.25, 0.3) is 0 Å². The second-order valence-corrected chi connectivity index (χ2v) is 5.86. The van der Waals surface area contributed by atoms with Gasteiger partial charge in [0.1, 0.15) is 11.6 Å². The van der Waals surface area contributed by atoms with E-state index in [9.17, 15) is 19.1 Å². The fraction of sp³-hybridized carbons (Fsp3) is 0.0769. The molecule has 0 bridgehead atoms. The molecule has 1 fully saturated rings. The number of phenolic OH excluding ortho intramolecular Hbond substituents is 1. The van der Waals surface area contributed by atoms with Crippen LogP contribution in [0.3, 0.4) is 0 Å². The zero-order valence-electron chi connectivity index (χ0n) is 11.5. The number of carbonyl (C=O) groups excluding carboxylic acids is 2. The SMILES string of the molecule is COC(=O)/C=C1/S/C(=N\N=Cc2ccc(F)c(Br)c2O)NC1=O. The van der Waals surface area contributed by atoms with Gasteiger partial charge in [-0.05, 0) is 39.8 Å². The number of hydrogen-bond donors (Lipinski definition) is 2. The Morgan fingerprint density at radius 1 is 1.52 bits per heavy atom. The number of halogens is 2. The highest BCUT2D eigenvalue weighted by molar-refractivity contribution is 9.10. The lowest BCUT2D eigenvalue weighted by Crippen LogP contribution is -2.19. The van der Waals surface area contributed by atoms with Crippen molar-refractivity contribution in [2.24, 2.45) is 10.2 Å². The fourth-order valence-electron chi connectivity index (χ4n) is 1.44. The molecule has 2 rings (SSSR count). The lowest BCUT2D eigenvalue weighted by atomic mass is 10.2. The Bertz CT molecular complexity index is 764. The first kappa shape index (κ1) is 17.2. The number of thioether (sulfide) groups is 1.